The van der Waals surface area contributed by atoms with Crippen molar-refractivity contribution in [2.45, 2.75) is 39.7 Å². The van der Waals surface area contributed by atoms with Gasteiger partial charge in [0, 0.05) is 30.5 Å². The number of fused-ring (bicyclic) bond motifs is 1. The van der Waals surface area contributed by atoms with Crippen molar-refractivity contribution in [3.8, 4) is 0 Å². The molecule has 0 saturated heterocycles. The van der Waals surface area contributed by atoms with Gasteiger partial charge in [0.25, 0.3) is 0 Å². The second-order valence-corrected chi connectivity index (χ2v) is 6.38. The standard InChI is InChI=1S/C17H22N2O/c1-17(2,3)16(18)11-13(20)10-12-8-9-19-15-7-5-4-6-14(12)15/h4-9,16H,10-11,18H2,1-3H3. The maximum absolute atomic E-state index is 12.2. The molecule has 1 atom stereocenters. The van der Waals surface area contributed by atoms with Crippen LogP contribution < -0.4 is 5.73 Å². The van der Waals surface area contributed by atoms with E-state index in [2.05, 4.69) is 25.8 Å². The summed E-state index contributed by atoms with van der Waals surface area (Å²) in [7, 11) is 0. The van der Waals surface area contributed by atoms with E-state index in [1.54, 1.807) is 6.20 Å². The highest BCUT2D eigenvalue weighted by atomic mass is 16.1. The van der Waals surface area contributed by atoms with Gasteiger partial charge in [-0.05, 0) is 23.1 Å². The Balaban J connectivity index is 2.15. The molecular formula is C17H22N2O. The van der Waals surface area contributed by atoms with Crippen LogP contribution in [0.25, 0.3) is 10.9 Å². The van der Waals surface area contributed by atoms with Gasteiger partial charge in [-0.3, -0.25) is 9.78 Å². The van der Waals surface area contributed by atoms with Crippen LogP contribution in [0.5, 0.6) is 0 Å². The topological polar surface area (TPSA) is 56.0 Å². The molecule has 1 heterocycles. The summed E-state index contributed by atoms with van der Waals surface area (Å²) in [6.45, 7) is 6.19. The van der Waals surface area contributed by atoms with Crippen LogP contribution in [0.1, 0.15) is 32.8 Å². The van der Waals surface area contributed by atoms with Crippen LogP contribution in [-0.2, 0) is 11.2 Å². The molecule has 1 unspecified atom stereocenters. The van der Waals surface area contributed by atoms with Crippen molar-refractivity contribution in [1.82, 2.24) is 4.98 Å². The summed E-state index contributed by atoms with van der Waals surface area (Å²) < 4.78 is 0. The first kappa shape index (κ1) is 14.7. The van der Waals surface area contributed by atoms with E-state index in [-0.39, 0.29) is 17.2 Å². The lowest BCUT2D eigenvalue weighted by Crippen LogP contribution is -2.37. The second kappa shape index (κ2) is 5.71. The van der Waals surface area contributed by atoms with E-state index < -0.39 is 0 Å². The number of aromatic nitrogens is 1. The van der Waals surface area contributed by atoms with Gasteiger partial charge in [0.15, 0.2) is 0 Å². The number of ketones is 1. The number of carbonyl (C=O) groups is 1. The third-order valence-electron chi connectivity index (χ3n) is 3.69. The molecule has 2 rings (SSSR count). The van der Waals surface area contributed by atoms with Crippen molar-refractivity contribution >= 4 is 16.7 Å². The third kappa shape index (κ3) is 3.42. The summed E-state index contributed by atoms with van der Waals surface area (Å²) in [5.41, 5.74) is 8.00. The third-order valence-corrected chi connectivity index (χ3v) is 3.69. The van der Waals surface area contributed by atoms with Gasteiger partial charge < -0.3 is 5.73 Å². The summed E-state index contributed by atoms with van der Waals surface area (Å²) in [6, 6.07) is 9.71. The summed E-state index contributed by atoms with van der Waals surface area (Å²) in [5, 5.41) is 1.05. The number of Topliss-reactive ketones (excluding diaryl/α,β-unsaturated/α-hetero) is 1. The lowest BCUT2D eigenvalue weighted by Gasteiger charge is -2.26. The minimum absolute atomic E-state index is 0.0457. The summed E-state index contributed by atoms with van der Waals surface area (Å²) in [6.07, 6.45) is 2.60. The number of hydrogen-bond donors (Lipinski definition) is 1. The highest BCUT2D eigenvalue weighted by Crippen LogP contribution is 2.22. The van der Waals surface area contributed by atoms with E-state index in [0.717, 1.165) is 16.5 Å². The van der Waals surface area contributed by atoms with Gasteiger partial charge >= 0.3 is 0 Å². The van der Waals surface area contributed by atoms with Gasteiger partial charge in [0.1, 0.15) is 5.78 Å². The fourth-order valence-corrected chi connectivity index (χ4v) is 2.15. The zero-order valence-corrected chi connectivity index (χ0v) is 12.4. The molecule has 1 aromatic carbocycles. The van der Waals surface area contributed by atoms with Crippen molar-refractivity contribution in [3.05, 3.63) is 42.1 Å². The Morgan fingerprint density at radius 3 is 2.65 bits per heavy atom. The highest BCUT2D eigenvalue weighted by Gasteiger charge is 2.23. The van der Waals surface area contributed by atoms with Crippen LogP contribution in [0.15, 0.2) is 36.5 Å². The van der Waals surface area contributed by atoms with E-state index >= 15 is 0 Å². The number of nitrogens with zero attached hydrogens (tertiary/aromatic N) is 1. The van der Waals surface area contributed by atoms with Gasteiger partial charge in [-0.15, -0.1) is 0 Å². The van der Waals surface area contributed by atoms with Crippen molar-refractivity contribution in [1.29, 1.82) is 0 Å². The highest BCUT2D eigenvalue weighted by molar-refractivity contribution is 5.89. The molecule has 1 aromatic heterocycles. The molecule has 20 heavy (non-hydrogen) atoms. The molecule has 106 valence electrons. The quantitative estimate of drug-likeness (QED) is 0.928. The van der Waals surface area contributed by atoms with E-state index in [1.165, 1.54) is 0 Å². The molecular weight excluding hydrogens is 248 g/mol. The minimum Gasteiger partial charge on any atom is -0.327 e. The minimum atomic E-state index is -0.108. The van der Waals surface area contributed by atoms with Crippen LogP contribution in [0.4, 0.5) is 0 Å². The average molecular weight is 270 g/mol. The number of para-hydroxylation sites is 1. The summed E-state index contributed by atoms with van der Waals surface area (Å²) in [5.74, 6) is 0.184. The SMILES string of the molecule is CC(C)(C)C(N)CC(=O)Cc1ccnc2ccccc12. The second-order valence-electron chi connectivity index (χ2n) is 6.38. The Bertz CT molecular complexity index is 608. The molecule has 0 fully saturated rings. The first-order valence-electron chi connectivity index (χ1n) is 6.98. The molecule has 0 amide bonds. The smallest absolute Gasteiger partial charge is 0.138 e. The maximum Gasteiger partial charge on any atom is 0.138 e. The molecule has 0 aliphatic rings. The van der Waals surface area contributed by atoms with Crippen molar-refractivity contribution in [2.24, 2.45) is 11.1 Å². The van der Waals surface area contributed by atoms with Crippen LogP contribution in [0.2, 0.25) is 0 Å². The Morgan fingerprint density at radius 1 is 1.25 bits per heavy atom. The predicted molar refractivity (Wildman–Crippen MR) is 82.5 cm³/mol. The molecule has 2 aromatic rings. The van der Waals surface area contributed by atoms with E-state index in [0.29, 0.717) is 12.8 Å². The lowest BCUT2D eigenvalue weighted by molar-refractivity contribution is -0.119. The zero-order valence-electron chi connectivity index (χ0n) is 12.4. The van der Waals surface area contributed by atoms with E-state index in [4.69, 9.17) is 5.73 Å². The first-order valence-corrected chi connectivity index (χ1v) is 6.98. The Labute approximate surface area is 120 Å². The number of benzene rings is 1. The monoisotopic (exact) mass is 270 g/mol. The largest absolute Gasteiger partial charge is 0.327 e. The molecule has 0 radical (unpaired) electrons. The van der Waals surface area contributed by atoms with Crippen LogP contribution in [0.3, 0.4) is 0 Å². The summed E-state index contributed by atoms with van der Waals surface area (Å²) in [4.78, 5) is 16.5. The molecule has 3 nitrogen and oxygen atoms in total. The Kier molecular flexibility index (Phi) is 4.19. The van der Waals surface area contributed by atoms with Gasteiger partial charge in [-0.1, -0.05) is 39.0 Å². The number of carbonyl (C=O) groups excluding carboxylic acids is 1. The Morgan fingerprint density at radius 2 is 1.95 bits per heavy atom. The van der Waals surface area contributed by atoms with Crippen LogP contribution in [-0.4, -0.2) is 16.8 Å². The van der Waals surface area contributed by atoms with Gasteiger partial charge in [-0.25, -0.2) is 0 Å². The summed E-state index contributed by atoms with van der Waals surface area (Å²) >= 11 is 0. The zero-order chi connectivity index (χ0) is 14.8. The van der Waals surface area contributed by atoms with Gasteiger partial charge in [-0.2, -0.15) is 0 Å². The fraction of sp³-hybridized carbons (Fsp3) is 0.412. The number of pyridine rings is 1. The molecule has 0 saturated carbocycles. The number of rotatable bonds is 4. The molecule has 2 N–H and O–H groups in total. The van der Waals surface area contributed by atoms with Crippen molar-refractivity contribution in [3.63, 3.8) is 0 Å². The first-order chi connectivity index (χ1) is 9.38. The van der Waals surface area contributed by atoms with Gasteiger partial charge in [0.2, 0.25) is 0 Å². The lowest BCUT2D eigenvalue weighted by atomic mass is 9.84. The maximum atomic E-state index is 12.2. The number of nitrogens with two attached hydrogens (primary N) is 1. The molecule has 0 spiro atoms. The molecule has 0 aliphatic carbocycles. The predicted octanol–water partition coefficient (Wildman–Crippen LogP) is 3.11. The number of hydrogen-bond acceptors (Lipinski definition) is 3. The molecule has 3 heteroatoms. The van der Waals surface area contributed by atoms with Crippen molar-refractivity contribution < 1.29 is 4.79 Å². The van der Waals surface area contributed by atoms with Crippen LogP contribution in [0, 0.1) is 5.41 Å². The normalized spacial score (nSPS) is 13.4. The van der Waals surface area contributed by atoms with E-state index in [9.17, 15) is 4.79 Å². The average Bonchev–Trinajstić information content (AvgIpc) is 2.38. The molecule has 0 aliphatic heterocycles. The van der Waals surface area contributed by atoms with Gasteiger partial charge in [0.05, 0.1) is 5.52 Å². The molecule has 0 bridgehead atoms. The Hall–Kier alpha value is -1.74. The van der Waals surface area contributed by atoms with Crippen molar-refractivity contribution in [2.75, 3.05) is 0 Å². The fourth-order valence-electron chi connectivity index (χ4n) is 2.15. The van der Waals surface area contributed by atoms with E-state index in [1.807, 2.05) is 30.3 Å². The van der Waals surface area contributed by atoms with Crippen LogP contribution >= 0.6 is 0 Å².